The van der Waals surface area contributed by atoms with Gasteiger partial charge in [-0.25, -0.2) is 0 Å². The number of methoxy groups -OCH3 is 1. The summed E-state index contributed by atoms with van der Waals surface area (Å²) in [5.74, 6) is 0.873. The van der Waals surface area contributed by atoms with Crippen LogP contribution in [0.3, 0.4) is 0 Å². The van der Waals surface area contributed by atoms with Crippen molar-refractivity contribution >= 4 is 11.6 Å². The first-order valence-electron chi connectivity index (χ1n) is 7.80. The van der Waals surface area contributed by atoms with E-state index in [1.54, 1.807) is 0 Å². The molecule has 1 aromatic rings. The quantitative estimate of drug-likeness (QED) is 0.541. The Labute approximate surface area is 140 Å². The highest BCUT2D eigenvalue weighted by Crippen LogP contribution is 2.34. The summed E-state index contributed by atoms with van der Waals surface area (Å²) >= 11 is 0. The first kappa shape index (κ1) is 18.0. The number of rotatable bonds is 9. The number of benzene rings is 1. The van der Waals surface area contributed by atoms with E-state index in [2.05, 4.69) is 10.2 Å². The second kappa shape index (κ2) is 7.96. The van der Waals surface area contributed by atoms with Crippen LogP contribution >= 0.6 is 0 Å². The van der Waals surface area contributed by atoms with E-state index in [1.165, 1.54) is 38.2 Å². The lowest BCUT2D eigenvalue weighted by Crippen LogP contribution is -2.42. The highest BCUT2D eigenvalue weighted by atomic mass is 16.6. The SMILES string of the molecule is COc1cc(OCC(=O)NCC(C2CC2)N(C)C)ccc1[N+](=O)[O-]. The van der Waals surface area contributed by atoms with Crippen LogP contribution in [0.4, 0.5) is 5.69 Å². The molecule has 1 aliphatic carbocycles. The van der Waals surface area contributed by atoms with E-state index < -0.39 is 4.92 Å². The second-order valence-corrected chi connectivity index (χ2v) is 6.05. The Bertz CT molecular complexity index is 599. The van der Waals surface area contributed by atoms with Crippen molar-refractivity contribution < 1.29 is 19.2 Å². The predicted octanol–water partition coefficient (Wildman–Crippen LogP) is 1.44. The number of carbonyl (C=O) groups excluding carboxylic acids is 1. The molecule has 8 nitrogen and oxygen atoms in total. The Hall–Kier alpha value is -2.35. The fourth-order valence-corrected chi connectivity index (χ4v) is 2.57. The summed E-state index contributed by atoms with van der Waals surface area (Å²) in [7, 11) is 5.36. The Morgan fingerprint density at radius 2 is 2.17 bits per heavy atom. The molecule has 1 aliphatic rings. The average molecular weight is 337 g/mol. The lowest BCUT2D eigenvalue weighted by Gasteiger charge is -2.24. The predicted molar refractivity (Wildman–Crippen MR) is 88.4 cm³/mol. The standard InChI is InChI=1S/C16H23N3O5/c1-18(2)14(11-4-5-11)9-17-16(20)10-24-12-6-7-13(19(21)22)15(8-12)23-3/h6-8,11,14H,4-5,9-10H2,1-3H3,(H,17,20). The number of nitrogens with zero attached hydrogens (tertiary/aromatic N) is 2. The van der Waals surface area contributed by atoms with Crippen LogP contribution < -0.4 is 14.8 Å². The third kappa shape index (κ3) is 4.82. The molecule has 0 aromatic heterocycles. The van der Waals surface area contributed by atoms with E-state index in [1.807, 2.05) is 14.1 Å². The third-order valence-electron chi connectivity index (χ3n) is 4.06. The van der Waals surface area contributed by atoms with Gasteiger partial charge in [0.05, 0.1) is 12.0 Å². The van der Waals surface area contributed by atoms with Crippen molar-refractivity contribution in [1.29, 1.82) is 0 Å². The van der Waals surface area contributed by atoms with Gasteiger partial charge >= 0.3 is 5.69 Å². The second-order valence-electron chi connectivity index (χ2n) is 6.05. The van der Waals surface area contributed by atoms with Gasteiger partial charge in [0, 0.05) is 24.7 Å². The van der Waals surface area contributed by atoms with Crippen molar-refractivity contribution in [3.05, 3.63) is 28.3 Å². The molecular formula is C16H23N3O5. The summed E-state index contributed by atoms with van der Waals surface area (Å²) in [5.41, 5.74) is -0.146. The van der Waals surface area contributed by atoms with Gasteiger partial charge < -0.3 is 19.7 Å². The monoisotopic (exact) mass is 337 g/mol. The normalized spacial score (nSPS) is 15.0. The van der Waals surface area contributed by atoms with Crippen LogP contribution in [-0.4, -0.2) is 56.1 Å². The van der Waals surface area contributed by atoms with Crippen LogP contribution in [0.25, 0.3) is 0 Å². The zero-order valence-corrected chi connectivity index (χ0v) is 14.2. The highest BCUT2D eigenvalue weighted by molar-refractivity contribution is 5.77. The molecule has 24 heavy (non-hydrogen) atoms. The summed E-state index contributed by atoms with van der Waals surface area (Å²) in [6, 6.07) is 4.48. The molecule has 1 fully saturated rings. The van der Waals surface area contributed by atoms with Crippen molar-refractivity contribution in [2.75, 3.05) is 34.4 Å². The molecule has 0 spiro atoms. The van der Waals surface area contributed by atoms with Gasteiger partial charge in [0.1, 0.15) is 5.75 Å². The number of amides is 1. The lowest BCUT2D eigenvalue weighted by atomic mass is 10.1. The van der Waals surface area contributed by atoms with E-state index in [4.69, 9.17) is 9.47 Å². The Balaban J connectivity index is 1.84. The molecule has 0 bridgehead atoms. The van der Waals surface area contributed by atoms with E-state index in [-0.39, 0.29) is 24.0 Å². The number of hydrogen-bond donors (Lipinski definition) is 1. The van der Waals surface area contributed by atoms with Gasteiger partial charge in [-0.1, -0.05) is 0 Å². The number of nitro groups is 1. The third-order valence-corrected chi connectivity index (χ3v) is 4.06. The van der Waals surface area contributed by atoms with Crippen molar-refractivity contribution in [3.63, 3.8) is 0 Å². The van der Waals surface area contributed by atoms with E-state index >= 15 is 0 Å². The van der Waals surface area contributed by atoms with Gasteiger partial charge in [-0.15, -0.1) is 0 Å². The number of ether oxygens (including phenoxy) is 2. The van der Waals surface area contributed by atoms with Crippen LogP contribution in [-0.2, 0) is 4.79 Å². The summed E-state index contributed by atoms with van der Waals surface area (Å²) in [6.45, 7) is 0.440. The summed E-state index contributed by atoms with van der Waals surface area (Å²) in [6.07, 6.45) is 2.41. The van der Waals surface area contributed by atoms with Crippen LogP contribution in [0.5, 0.6) is 11.5 Å². The minimum absolute atomic E-state index is 0.0966. The number of nitrogens with one attached hydrogen (secondary N) is 1. The van der Waals surface area contributed by atoms with Gasteiger partial charge in [0.2, 0.25) is 5.75 Å². The Morgan fingerprint density at radius 3 is 2.71 bits per heavy atom. The lowest BCUT2D eigenvalue weighted by molar-refractivity contribution is -0.385. The molecule has 1 aromatic carbocycles. The van der Waals surface area contributed by atoms with E-state index in [0.29, 0.717) is 24.3 Å². The van der Waals surface area contributed by atoms with Gasteiger partial charge in [0.25, 0.3) is 5.91 Å². The van der Waals surface area contributed by atoms with Crippen molar-refractivity contribution in [3.8, 4) is 11.5 Å². The van der Waals surface area contributed by atoms with Gasteiger partial charge in [-0.05, 0) is 38.9 Å². The maximum atomic E-state index is 11.9. The summed E-state index contributed by atoms with van der Waals surface area (Å²) in [5, 5.41) is 13.7. The van der Waals surface area contributed by atoms with Crippen LogP contribution in [0.15, 0.2) is 18.2 Å². The number of likely N-dealkylation sites (N-methyl/N-ethyl adjacent to an activating group) is 1. The molecule has 0 aliphatic heterocycles. The largest absolute Gasteiger partial charge is 0.490 e. The molecule has 1 amide bonds. The maximum absolute atomic E-state index is 11.9. The number of carbonyl (C=O) groups is 1. The fraction of sp³-hybridized carbons (Fsp3) is 0.562. The fourth-order valence-electron chi connectivity index (χ4n) is 2.57. The number of nitro benzene ring substituents is 1. The zero-order valence-electron chi connectivity index (χ0n) is 14.2. The molecule has 1 saturated carbocycles. The molecule has 0 heterocycles. The Morgan fingerprint density at radius 1 is 1.46 bits per heavy atom. The van der Waals surface area contributed by atoms with E-state index in [9.17, 15) is 14.9 Å². The van der Waals surface area contributed by atoms with Gasteiger partial charge in [-0.2, -0.15) is 0 Å². The minimum atomic E-state index is -0.533. The molecule has 0 radical (unpaired) electrons. The molecule has 132 valence electrons. The van der Waals surface area contributed by atoms with Crippen molar-refractivity contribution in [1.82, 2.24) is 10.2 Å². The summed E-state index contributed by atoms with van der Waals surface area (Å²) < 4.78 is 10.4. The highest BCUT2D eigenvalue weighted by Gasteiger charge is 2.32. The minimum Gasteiger partial charge on any atom is -0.490 e. The zero-order chi connectivity index (χ0) is 17.7. The van der Waals surface area contributed by atoms with Gasteiger partial charge in [-0.3, -0.25) is 14.9 Å². The molecule has 0 saturated heterocycles. The molecule has 2 rings (SSSR count). The van der Waals surface area contributed by atoms with Crippen molar-refractivity contribution in [2.24, 2.45) is 5.92 Å². The molecule has 1 atom stereocenters. The average Bonchev–Trinajstić information content (AvgIpc) is 3.37. The van der Waals surface area contributed by atoms with Crippen LogP contribution in [0.2, 0.25) is 0 Å². The maximum Gasteiger partial charge on any atom is 0.311 e. The van der Waals surface area contributed by atoms with Crippen LogP contribution in [0.1, 0.15) is 12.8 Å². The topological polar surface area (TPSA) is 93.9 Å². The van der Waals surface area contributed by atoms with Crippen molar-refractivity contribution in [2.45, 2.75) is 18.9 Å². The first-order valence-corrected chi connectivity index (χ1v) is 7.80. The number of hydrogen-bond acceptors (Lipinski definition) is 6. The molecule has 1 unspecified atom stereocenters. The van der Waals surface area contributed by atoms with Gasteiger partial charge in [0.15, 0.2) is 6.61 Å². The molecule has 1 N–H and O–H groups in total. The smallest absolute Gasteiger partial charge is 0.311 e. The van der Waals surface area contributed by atoms with Crippen LogP contribution in [0, 0.1) is 16.0 Å². The Kier molecular flexibility index (Phi) is 5.97. The van der Waals surface area contributed by atoms with E-state index in [0.717, 1.165) is 0 Å². The first-order chi connectivity index (χ1) is 11.4. The molecular weight excluding hydrogens is 314 g/mol. The summed E-state index contributed by atoms with van der Waals surface area (Å²) in [4.78, 5) is 24.4. The molecule has 8 heteroatoms.